The van der Waals surface area contributed by atoms with Crippen LogP contribution in [0, 0.1) is 0 Å². The summed E-state index contributed by atoms with van der Waals surface area (Å²) in [6.07, 6.45) is 3.99. The molecule has 0 amide bonds. The van der Waals surface area contributed by atoms with Crippen molar-refractivity contribution in [1.29, 1.82) is 0 Å². The summed E-state index contributed by atoms with van der Waals surface area (Å²) in [5, 5.41) is 11.0. The van der Waals surface area contributed by atoms with E-state index in [1.165, 1.54) is 24.1 Å². The average Bonchev–Trinajstić information content (AvgIpc) is 3.01. The number of anilines is 1. The molecule has 2 fully saturated rings. The van der Waals surface area contributed by atoms with Gasteiger partial charge in [-0.05, 0) is 43.5 Å². The first-order valence-corrected chi connectivity index (χ1v) is 8.54. The standard InChI is InChI=1S/C16H20N4S/c1-19-12-4-2-5-13(19)11-20(10-12)16-8-7-14(17-18-16)15-6-3-9-21-15/h3,6-9,12-13H,2,4-5,10-11H2,1H3. The topological polar surface area (TPSA) is 32.3 Å². The second kappa shape index (κ2) is 5.39. The molecule has 2 aliphatic heterocycles. The Hall–Kier alpha value is -1.46. The highest BCUT2D eigenvalue weighted by Gasteiger charge is 2.35. The van der Waals surface area contributed by atoms with E-state index in [4.69, 9.17) is 0 Å². The van der Waals surface area contributed by atoms with E-state index in [2.05, 4.69) is 56.7 Å². The maximum absolute atomic E-state index is 4.47. The lowest BCUT2D eigenvalue weighted by molar-refractivity contribution is 0.0946. The van der Waals surface area contributed by atoms with Gasteiger partial charge in [-0.25, -0.2) is 0 Å². The van der Waals surface area contributed by atoms with Crippen LogP contribution in [0.5, 0.6) is 0 Å². The molecule has 0 aromatic carbocycles. The van der Waals surface area contributed by atoms with Crippen LogP contribution >= 0.6 is 11.3 Å². The van der Waals surface area contributed by atoms with Gasteiger partial charge in [-0.1, -0.05) is 12.5 Å². The number of nitrogens with zero attached hydrogens (tertiary/aromatic N) is 4. The van der Waals surface area contributed by atoms with Crippen molar-refractivity contribution in [3.63, 3.8) is 0 Å². The third kappa shape index (κ3) is 2.45. The van der Waals surface area contributed by atoms with Crippen LogP contribution in [0.15, 0.2) is 29.6 Å². The molecule has 4 heterocycles. The molecule has 21 heavy (non-hydrogen) atoms. The quantitative estimate of drug-likeness (QED) is 0.853. The lowest BCUT2D eigenvalue weighted by atomic mass is 9.92. The van der Waals surface area contributed by atoms with Gasteiger partial charge >= 0.3 is 0 Å². The van der Waals surface area contributed by atoms with Gasteiger partial charge in [-0.15, -0.1) is 21.5 Å². The van der Waals surface area contributed by atoms with Crippen molar-refractivity contribution in [3.05, 3.63) is 29.6 Å². The average molecular weight is 300 g/mol. The highest BCUT2D eigenvalue weighted by molar-refractivity contribution is 7.13. The van der Waals surface area contributed by atoms with Gasteiger partial charge in [-0.3, -0.25) is 4.90 Å². The Morgan fingerprint density at radius 3 is 2.52 bits per heavy atom. The van der Waals surface area contributed by atoms with Crippen LogP contribution in [0.2, 0.25) is 0 Å². The normalized spacial score (nSPS) is 26.0. The van der Waals surface area contributed by atoms with Gasteiger partial charge in [0.25, 0.3) is 0 Å². The molecule has 2 saturated heterocycles. The van der Waals surface area contributed by atoms with E-state index in [1.54, 1.807) is 11.3 Å². The van der Waals surface area contributed by atoms with Gasteiger partial charge < -0.3 is 4.90 Å². The molecule has 2 aliphatic rings. The molecule has 0 saturated carbocycles. The van der Waals surface area contributed by atoms with Crippen molar-refractivity contribution >= 4 is 17.2 Å². The fraction of sp³-hybridized carbons (Fsp3) is 0.500. The van der Waals surface area contributed by atoms with Crippen molar-refractivity contribution in [1.82, 2.24) is 15.1 Å². The van der Waals surface area contributed by atoms with E-state index >= 15 is 0 Å². The minimum absolute atomic E-state index is 0.677. The molecule has 2 aromatic rings. The number of likely N-dealkylation sites (N-methyl/N-ethyl adjacent to an activating group) is 1. The molecule has 5 heteroatoms. The fourth-order valence-electron chi connectivity index (χ4n) is 3.55. The van der Waals surface area contributed by atoms with E-state index in [1.807, 2.05) is 0 Å². The monoisotopic (exact) mass is 300 g/mol. The molecule has 110 valence electrons. The zero-order valence-electron chi connectivity index (χ0n) is 12.3. The summed E-state index contributed by atoms with van der Waals surface area (Å²) < 4.78 is 0. The van der Waals surface area contributed by atoms with Crippen LogP contribution in [-0.4, -0.2) is 47.3 Å². The van der Waals surface area contributed by atoms with Crippen molar-refractivity contribution in [2.24, 2.45) is 0 Å². The number of piperazine rings is 1. The SMILES string of the molecule is CN1C2CCCC1CN(c1ccc(-c3cccs3)nn1)C2. The summed E-state index contributed by atoms with van der Waals surface area (Å²) in [4.78, 5) is 6.16. The Kier molecular flexibility index (Phi) is 3.39. The second-order valence-corrected chi connectivity index (χ2v) is 7.01. The zero-order chi connectivity index (χ0) is 14.2. The summed E-state index contributed by atoms with van der Waals surface area (Å²) in [6, 6.07) is 9.73. The number of hydrogen-bond acceptors (Lipinski definition) is 5. The Morgan fingerprint density at radius 1 is 1.10 bits per heavy atom. The van der Waals surface area contributed by atoms with Crippen LogP contribution in [0.1, 0.15) is 19.3 Å². The lowest BCUT2D eigenvalue weighted by Crippen LogP contribution is -2.59. The summed E-state index contributed by atoms with van der Waals surface area (Å²) >= 11 is 1.71. The summed E-state index contributed by atoms with van der Waals surface area (Å²) in [6.45, 7) is 2.17. The number of fused-ring (bicyclic) bond motifs is 2. The highest BCUT2D eigenvalue weighted by Crippen LogP contribution is 2.30. The summed E-state index contributed by atoms with van der Waals surface area (Å²) in [5.41, 5.74) is 0.975. The molecule has 0 radical (unpaired) electrons. The van der Waals surface area contributed by atoms with Gasteiger partial charge in [-0.2, -0.15) is 0 Å². The van der Waals surface area contributed by atoms with E-state index < -0.39 is 0 Å². The Labute approximate surface area is 129 Å². The third-order valence-electron chi connectivity index (χ3n) is 4.84. The third-order valence-corrected chi connectivity index (χ3v) is 5.73. The highest BCUT2D eigenvalue weighted by atomic mass is 32.1. The first-order chi connectivity index (χ1) is 10.3. The Morgan fingerprint density at radius 2 is 1.90 bits per heavy atom. The zero-order valence-corrected chi connectivity index (χ0v) is 13.1. The van der Waals surface area contributed by atoms with E-state index in [9.17, 15) is 0 Å². The van der Waals surface area contributed by atoms with Gasteiger partial charge in [0.05, 0.1) is 4.88 Å². The maximum atomic E-state index is 4.47. The summed E-state index contributed by atoms with van der Waals surface area (Å²) in [5.74, 6) is 1.03. The lowest BCUT2D eigenvalue weighted by Gasteiger charge is -2.48. The van der Waals surface area contributed by atoms with Gasteiger partial charge in [0, 0.05) is 25.2 Å². The summed E-state index contributed by atoms with van der Waals surface area (Å²) in [7, 11) is 2.28. The number of piperidine rings is 1. The van der Waals surface area contributed by atoms with E-state index in [0.717, 1.165) is 24.6 Å². The second-order valence-electron chi connectivity index (χ2n) is 6.06. The molecule has 0 N–H and O–H groups in total. The van der Waals surface area contributed by atoms with E-state index in [0.29, 0.717) is 12.1 Å². The molecule has 2 atom stereocenters. The van der Waals surface area contributed by atoms with Crippen LogP contribution < -0.4 is 4.90 Å². The molecule has 0 spiro atoms. The minimum atomic E-state index is 0.677. The number of rotatable bonds is 2. The molecule has 2 unspecified atom stereocenters. The number of hydrogen-bond donors (Lipinski definition) is 0. The Balaban J connectivity index is 1.54. The van der Waals surface area contributed by atoms with Gasteiger partial charge in [0.1, 0.15) is 5.69 Å². The van der Waals surface area contributed by atoms with Crippen LogP contribution in [0.3, 0.4) is 0 Å². The first kappa shape index (κ1) is 13.2. The molecule has 0 aliphatic carbocycles. The fourth-order valence-corrected chi connectivity index (χ4v) is 4.25. The predicted molar refractivity (Wildman–Crippen MR) is 86.7 cm³/mol. The van der Waals surface area contributed by atoms with Crippen LogP contribution in [0.25, 0.3) is 10.6 Å². The number of aromatic nitrogens is 2. The predicted octanol–water partition coefficient (Wildman–Crippen LogP) is 2.88. The smallest absolute Gasteiger partial charge is 0.151 e. The van der Waals surface area contributed by atoms with E-state index in [-0.39, 0.29) is 0 Å². The van der Waals surface area contributed by atoms with Gasteiger partial charge in [0.15, 0.2) is 5.82 Å². The number of thiophene rings is 1. The van der Waals surface area contributed by atoms with Crippen molar-refractivity contribution < 1.29 is 0 Å². The largest absolute Gasteiger partial charge is 0.352 e. The van der Waals surface area contributed by atoms with Crippen LogP contribution in [-0.2, 0) is 0 Å². The minimum Gasteiger partial charge on any atom is -0.352 e. The Bertz CT molecular complexity index is 581. The van der Waals surface area contributed by atoms with Crippen molar-refractivity contribution in [3.8, 4) is 10.6 Å². The molecule has 2 aromatic heterocycles. The van der Waals surface area contributed by atoms with Crippen molar-refractivity contribution in [2.75, 3.05) is 25.0 Å². The first-order valence-electron chi connectivity index (χ1n) is 7.66. The molecule has 4 nitrogen and oxygen atoms in total. The van der Waals surface area contributed by atoms with Crippen LogP contribution in [0.4, 0.5) is 5.82 Å². The van der Waals surface area contributed by atoms with Crippen molar-refractivity contribution in [2.45, 2.75) is 31.3 Å². The molecule has 2 bridgehead atoms. The molecule has 4 rings (SSSR count). The maximum Gasteiger partial charge on any atom is 0.151 e. The molecular formula is C16H20N4S. The molecular weight excluding hydrogens is 280 g/mol. The van der Waals surface area contributed by atoms with Gasteiger partial charge in [0.2, 0.25) is 0 Å².